The first-order valence-electron chi connectivity index (χ1n) is 9.23. The minimum atomic E-state index is 0.0107. The van der Waals surface area contributed by atoms with Gasteiger partial charge in [0, 0.05) is 0 Å². The fraction of sp³-hybridized carbons (Fsp3) is 1.00. The third kappa shape index (κ3) is 1.71. The van der Waals surface area contributed by atoms with Crippen molar-refractivity contribution in [1.82, 2.24) is 0 Å². The fourth-order valence-electron chi connectivity index (χ4n) is 7.32. The van der Waals surface area contributed by atoms with Crippen LogP contribution in [0.4, 0.5) is 0 Å². The van der Waals surface area contributed by atoms with Gasteiger partial charge in [0.25, 0.3) is 0 Å². The quantitative estimate of drug-likeness (QED) is 0.675. The van der Waals surface area contributed by atoms with Crippen LogP contribution in [0.5, 0.6) is 0 Å². The number of hydrogen-bond donors (Lipinski definition) is 1. The van der Waals surface area contributed by atoms with Crippen LogP contribution in [0.25, 0.3) is 0 Å². The van der Waals surface area contributed by atoms with E-state index in [4.69, 9.17) is 0 Å². The van der Waals surface area contributed by atoms with Crippen molar-refractivity contribution < 1.29 is 5.11 Å². The van der Waals surface area contributed by atoms with E-state index in [0.717, 1.165) is 24.2 Å². The molecule has 0 radical (unpaired) electrons. The molecule has 4 fully saturated rings. The van der Waals surface area contributed by atoms with Crippen LogP contribution in [0.2, 0.25) is 0 Å². The first-order valence-corrected chi connectivity index (χ1v) is 9.23. The van der Waals surface area contributed by atoms with Crippen LogP contribution in [0, 0.1) is 34.5 Å². The summed E-state index contributed by atoms with van der Waals surface area (Å²) in [6.07, 6.45) is 14.0. The third-order valence-electron chi connectivity index (χ3n) is 8.38. The molecule has 0 aromatic heterocycles. The van der Waals surface area contributed by atoms with E-state index in [9.17, 15) is 5.11 Å². The summed E-state index contributed by atoms with van der Waals surface area (Å²) in [6, 6.07) is 0. The molecule has 20 heavy (non-hydrogen) atoms. The van der Waals surface area contributed by atoms with Gasteiger partial charge in [-0.05, 0) is 85.9 Å². The minimum Gasteiger partial charge on any atom is -0.393 e. The lowest BCUT2D eigenvalue weighted by atomic mass is 9.45. The van der Waals surface area contributed by atoms with E-state index >= 15 is 0 Å². The van der Waals surface area contributed by atoms with Gasteiger partial charge in [-0.1, -0.05) is 26.7 Å². The summed E-state index contributed by atoms with van der Waals surface area (Å²) in [5, 5.41) is 10.6. The molecule has 6 unspecified atom stereocenters. The maximum atomic E-state index is 10.6. The van der Waals surface area contributed by atoms with Gasteiger partial charge in [0.15, 0.2) is 0 Å². The second-order valence-corrected chi connectivity index (χ2v) is 9.12. The lowest BCUT2D eigenvalue weighted by Gasteiger charge is -2.60. The van der Waals surface area contributed by atoms with Gasteiger partial charge in [0.2, 0.25) is 0 Å². The minimum absolute atomic E-state index is 0.0107. The average molecular weight is 276 g/mol. The van der Waals surface area contributed by atoms with E-state index in [0.29, 0.717) is 16.7 Å². The summed E-state index contributed by atoms with van der Waals surface area (Å²) >= 11 is 0. The molecule has 4 saturated carbocycles. The highest BCUT2D eigenvalue weighted by Gasteiger charge is 2.59. The number of aliphatic hydroxyl groups excluding tert-OH is 1. The van der Waals surface area contributed by atoms with Gasteiger partial charge in [0.05, 0.1) is 6.10 Å². The molecule has 4 rings (SSSR count). The summed E-state index contributed by atoms with van der Waals surface area (Å²) in [5.41, 5.74) is 1.09. The maximum Gasteiger partial charge on any atom is 0.0576 e. The van der Waals surface area contributed by atoms with Crippen LogP contribution in [-0.2, 0) is 0 Å². The lowest BCUT2D eigenvalue weighted by Crippen LogP contribution is -2.53. The maximum absolute atomic E-state index is 10.6. The average Bonchev–Trinajstić information content (AvgIpc) is 2.74. The van der Waals surface area contributed by atoms with Crippen LogP contribution < -0.4 is 0 Å². The molecule has 0 aromatic rings. The predicted octanol–water partition coefficient (Wildman–Crippen LogP) is 4.78. The predicted molar refractivity (Wildman–Crippen MR) is 82.4 cm³/mol. The molecule has 4 aliphatic carbocycles. The molecule has 0 spiro atoms. The summed E-state index contributed by atoms with van der Waals surface area (Å²) in [5.74, 6) is 3.39. The summed E-state index contributed by atoms with van der Waals surface area (Å²) in [4.78, 5) is 0. The molecule has 0 amide bonds. The SMILES string of the molecule is CC12CCC(O)C1C1CC[C@H]3CCCCC3(C)C1CC2. The number of fused-ring (bicyclic) bond motifs is 5. The van der Waals surface area contributed by atoms with Gasteiger partial charge in [-0.2, -0.15) is 0 Å². The van der Waals surface area contributed by atoms with Crippen molar-refractivity contribution in [3.05, 3.63) is 0 Å². The van der Waals surface area contributed by atoms with Crippen LogP contribution in [0.1, 0.15) is 78.1 Å². The van der Waals surface area contributed by atoms with E-state index in [-0.39, 0.29) is 6.10 Å². The molecule has 0 heterocycles. The Morgan fingerprint density at radius 3 is 2.50 bits per heavy atom. The van der Waals surface area contributed by atoms with Crippen molar-refractivity contribution in [2.75, 3.05) is 0 Å². The van der Waals surface area contributed by atoms with Crippen molar-refractivity contribution in [2.24, 2.45) is 34.5 Å². The highest BCUT2D eigenvalue weighted by Crippen LogP contribution is 2.66. The molecule has 1 nitrogen and oxygen atoms in total. The topological polar surface area (TPSA) is 20.2 Å². The zero-order valence-corrected chi connectivity index (χ0v) is 13.4. The first kappa shape index (κ1) is 13.6. The van der Waals surface area contributed by atoms with E-state index in [1.807, 2.05) is 0 Å². The summed E-state index contributed by atoms with van der Waals surface area (Å²) in [7, 11) is 0. The molecule has 0 bridgehead atoms. The Morgan fingerprint density at radius 1 is 0.850 bits per heavy atom. The van der Waals surface area contributed by atoms with Crippen molar-refractivity contribution in [1.29, 1.82) is 0 Å². The molecule has 1 N–H and O–H groups in total. The molecule has 0 saturated heterocycles. The van der Waals surface area contributed by atoms with Gasteiger partial charge in [0.1, 0.15) is 0 Å². The summed E-state index contributed by atoms with van der Waals surface area (Å²) in [6.45, 7) is 5.11. The molecule has 114 valence electrons. The molecule has 4 aliphatic rings. The van der Waals surface area contributed by atoms with Gasteiger partial charge >= 0.3 is 0 Å². The molecule has 1 heteroatoms. The van der Waals surface area contributed by atoms with E-state index in [1.165, 1.54) is 57.8 Å². The van der Waals surface area contributed by atoms with E-state index in [1.54, 1.807) is 0 Å². The Kier molecular flexibility index (Phi) is 3.05. The Balaban J connectivity index is 1.66. The highest BCUT2D eigenvalue weighted by molar-refractivity contribution is 5.08. The van der Waals surface area contributed by atoms with E-state index < -0.39 is 0 Å². The Hall–Kier alpha value is -0.0400. The normalized spacial score (nSPS) is 58.6. The van der Waals surface area contributed by atoms with Crippen LogP contribution in [0.15, 0.2) is 0 Å². The van der Waals surface area contributed by atoms with Crippen LogP contribution in [-0.4, -0.2) is 11.2 Å². The zero-order valence-electron chi connectivity index (χ0n) is 13.4. The Morgan fingerprint density at radius 2 is 1.65 bits per heavy atom. The number of aliphatic hydroxyl groups is 1. The van der Waals surface area contributed by atoms with Gasteiger partial charge in [-0.25, -0.2) is 0 Å². The molecule has 0 aliphatic heterocycles. The Bertz CT molecular complexity index is 391. The third-order valence-corrected chi connectivity index (χ3v) is 8.38. The Labute approximate surface area is 124 Å². The van der Waals surface area contributed by atoms with Crippen molar-refractivity contribution >= 4 is 0 Å². The smallest absolute Gasteiger partial charge is 0.0576 e. The fourth-order valence-corrected chi connectivity index (χ4v) is 7.32. The van der Waals surface area contributed by atoms with Crippen LogP contribution >= 0.6 is 0 Å². The lowest BCUT2D eigenvalue weighted by molar-refractivity contribution is -0.122. The largest absolute Gasteiger partial charge is 0.393 e. The standard InChI is InChI=1S/C19H32O/c1-18-11-8-15-14(17(18)16(20)9-12-18)7-6-13-5-3-4-10-19(13,15)2/h13-17,20H,3-12H2,1-2H3/t13-,14?,15?,16?,17?,18?,19?/m1/s1. The number of rotatable bonds is 0. The zero-order chi connectivity index (χ0) is 14.0. The van der Waals surface area contributed by atoms with Gasteiger partial charge in [-0.3, -0.25) is 0 Å². The van der Waals surface area contributed by atoms with Gasteiger partial charge in [-0.15, -0.1) is 0 Å². The first-order chi connectivity index (χ1) is 9.55. The second-order valence-electron chi connectivity index (χ2n) is 9.12. The van der Waals surface area contributed by atoms with Crippen molar-refractivity contribution in [3.8, 4) is 0 Å². The van der Waals surface area contributed by atoms with E-state index in [2.05, 4.69) is 13.8 Å². The van der Waals surface area contributed by atoms with Crippen LogP contribution in [0.3, 0.4) is 0 Å². The number of hydrogen-bond acceptors (Lipinski definition) is 1. The highest BCUT2D eigenvalue weighted by atomic mass is 16.3. The van der Waals surface area contributed by atoms with Crippen molar-refractivity contribution in [3.63, 3.8) is 0 Å². The second kappa shape index (κ2) is 4.48. The molecular weight excluding hydrogens is 244 g/mol. The van der Waals surface area contributed by atoms with Gasteiger partial charge < -0.3 is 5.11 Å². The van der Waals surface area contributed by atoms with Crippen molar-refractivity contribution in [2.45, 2.75) is 84.2 Å². The molecule has 7 atom stereocenters. The monoisotopic (exact) mass is 276 g/mol. The summed E-state index contributed by atoms with van der Waals surface area (Å²) < 4.78 is 0. The molecular formula is C19H32O. The molecule has 0 aromatic carbocycles.